The number of benzene rings is 2. The molecule has 0 aliphatic carbocycles. The summed E-state index contributed by atoms with van der Waals surface area (Å²) in [5.74, 6) is 0.395. The predicted octanol–water partition coefficient (Wildman–Crippen LogP) is 4.29. The Morgan fingerprint density at radius 2 is 1.54 bits per heavy atom. The third kappa shape index (κ3) is 3.52. The summed E-state index contributed by atoms with van der Waals surface area (Å²) in [6, 6.07) is 15.5. The molecule has 0 radical (unpaired) electrons. The van der Waals surface area contributed by atoms with Gasteiger partial charge in [0.15, 0.2) is 11.5 Å². The maximum Gasteiger partial charge on any atom is 0.278 e. The molecular formula is C21H24N4O. The normalized spacial score (nSPS) is 10.7. The van der Waals surface area contributed by atoms with E-state index in [0.717, 1.165) is 41.8 Å². The van der Waals surface area contributed by atoms with Gasteiger partial charge in [0, 0.05) is 18.8 Å². The average Bonchev–Trinajstić information content (AvgIpc) is 2.68. The van der Waals surface area contributed by atoms with E-state index >= 15 is 0 Å². The molecule has 0 saturated heterocycles. The molecule has 134 valence electrons. The van der Waals surface area contributed by atoms with Gasteiger partial charge in [-0.05, 0) is 44.0 Å². The SMILES string of the molecule is CCc1ccccc1NC(=O)c1nc2ccccc2nc1N(CC)CC. The van der Waals surface area contributed by atoms with Crippen molar-refractivity contribution < 1.29 is 4.79 Å². The van der Waals surface area contributed by atoms with Gasteiger partial charge in [0.1, 0.15) is 0 Å². The monoisotopic (exact) mass is 348 g/mol. The van der Waals surface area contributed by atoms with Crippen LogP contribution < -0.4 is 10.2 Å². The highest BCUT2D eigenvalue weighted by molar-refractivity contribution is 6.07. The number of para-hydroxylation sites is 3. The minimum atomic E-state index is -0.231. The quantitative estimate of drug-likeness (QED) is 0.722. The van der Waals surface area contributed by atoms with Crippen LogP contribution in [0.1, 0.15) is 36.8 Å². The Hall–Kier alpha value is -2.95. The average molecular weight is 348 g/mol. The van der Waals surface area contributed by atoms with Crippen LogP contribution in [-0.2, 0) is 6.42 Å². The lowest BCUT2D eigenvalue weighted by atomic mass is 10.1. The second-order valence-corrected chi connectivity index (χ2v) is 6.02. The van der Waals surface area contributed by atoms with E-state index in [4.69, 9.17) is 4.98 Å². The van der Waals surface area contributed by atoms with Gasteiger partial charge in [-0.15, -0.1) is 0 Å². The van der Waals surface area contributed by atoms with Gasteiger partial charge in [0.2, 0.25) is 0 Å². The summed E-state index contributed by atoms with van der Waals surface area (Å²) in [7, 11) is 0. The zero-order chi connectivity index (χ0) is 18.5. The van der Waals surface area contributed by atoms with Crippen molar-refractivity contribution in [3.8, 4) is 0 Å². The molecule has 2 aromatic carbocycles. The van der Waals surface area contributed by atoms with Gasteiger partial charge in [0.25, 0.3) is 5.91 Å². The fraction of sp³-hybridized carbons (Fsp3) is 0.286. The van der Waals surface area contributed by atoms with Gasteiger partial charge in [0.05, 0.1) is 11.0 Å². The molecule has 1 N–H and O–H groups in total. The minimum absolute atomic E-state index is 0.231. The molecule has 1 amide bonds. The smallest absolute Gasteiger partial charge is 0.278 e. The molecule has 0 bridgehead atoms. The Kier molecular flexibility index (Phi) is 5.46. The van der Waals surface area contributed by atoms with Crippen LogP contribution in [-0.4, -0.2) is 29.0 Å². The molecule has 0 aliphatic heterocycles. The topological polar surface area (TPSA) is 58.1 Å². The number of fused-ring (bicyclic) bond motifs is 1. The Morgan fingerprint density at radius 1 is 0.923 bits per heavy atom. The van der Waals surface area contributed by atoms with E-state index in [1.54, 1.807) is 0 Å². The Balaban J connectivity index is 2.06. The molecule has 5 heteroatoms. The number of carbonyl (C=O) groups is 1. The summed E-state index contributed by atoms with van der Waals surface area (Å²) < 4.78 is 0. The Bertz CT molecular complexity index is 919. The van der Waals surface area contributed by atoms with Gasteiger partial charge < -0.3 is 10.2 Å². The van der Waals surface area contributed by atoms with Crippen LogP contribution >= 0.6 is 0 Å². The molecule has 0 atom stereocenters. The predicted molar refractivity (Wildman–Crippen MR) is 107 cm³/mol. The lowest BCUT2D eigenvalue weighted by Crippen LogP contribution is -2.28. The lowest BCUT2D eigenvalue weighted by Gasteiger charge is -2.22. The van der Waals surface area contributed by atoms with Gasteiger partial charge in [-0.1, -0.05) is 37.3 Å². The second-order valence-electron chi connectivity index (χ2n) is 6.02. The van der Waals surface area contributed by atoms with Crippen LogP contribution in [0.4, 0.5) is 11.5 Å². The number of rotatable bonds is 6. The van der Waals surface area contributed by atoms with Gasteiger partial charge in [-0.2, -0.15) is 0 Å². The molecule has 26 heavy (non-hydrogen) atoms. The minimum Gasteiger partial charge on any atom is -0.355 e. The van der Waals surface area contributed by atoms with E-state index in [-0.39, 0.29) is 5.91 Å². The number of anilines is 2. The number of hydrogen-bond donors (Lipinski definition) is 1. The number of aromatic nitrogens is 2. The summed E-state index contributed by atoms with van der Waals surface area (Å²) in [5, 5.41) is 3.02. The van der Waals surface area contributed by atoms with Crippen molar-refractivity contribution in [2.75, 3.05) is 23.3 Å². The number of aryl methyl sites for hydroxylation is 1. The first kappa shape index (κ1) is 17.9. The van der Waals surface area contributed by atoms with E-state index in [1.807, 2.05) is 48.5 Å². The molecule has 1 heterocycles. The summed E-state index contributed by atoms with van der Waals surface area (Å²) in [4.78, 5) is 24.5. The van der Waals surface area contributed by atoms with Crippen LogP contribution in [0.3, 0.4) is 0 Å². The van der Waals surface area contributed by atoms with Crippen molar-refractivity contribution in [3.05, 3.63) is 59.8 Å². The van der Waals surface area contributed by atoms with Gasteiger partial charge in [-0.3, -0.25) is 4.79 Å². The van der Waals surface area contributed by atoms with Crippen LogP contribution in [0.15, 0.2) is 48.5 Å². The first-order valence-electron chi connectivity index (χ1n) is 9.08. The third-order valence-electron chi connectivity index (χ3n) is 4.48. The number of amides is 1. The van der Waals surface area contributed by atoms with E-state index < -0.39 is 0 Å². The van der Waals surface area contributed by atoms with Crippen molar-refractivity contribution in [3.63, 3.8) is 0 Å². The maximum absolute atomic E-state index is 13.0. The molecule has 0 aliphatic rings. The molecule has 3 aromatic rings. The summed E-state index contributed by atoms with van der Waals surface area (Å²) in [5.41, 5.74) is 3.79. The van der Waals surface area contributed by atoms with E-state index in [9.17, 15) is 4.79 Å². The second kappa shape index (κ2) is 7.95. The number of carbonyl (C=O) groups excluding carboxylic acids is 1. The van der Waals surface area contributed by atoms with Crippen molar-refractivity contribution >= 4 is 28.4 Å². The summed E-state index contributed by atoms with van der Waals surface area (Å²) >= 11 is 0. The number of hydrogen-bond acceptors (Lipinski definition) is 4. The molecule has 3 rings (SSSR count). The van der Waals surface area contributed by atoms with Crippen LogP contribution in [0.2, 0.25) is 0 Å². The molecule has 0 spiro atoms. The highest BCUT2D eigenvalue weighted by Crippen LogP contribution is 2.23. The van der Waals surface area contributed by atoms with Crippen molar-refractivity contribution in [2.24, 2.45) is 0 Å². The van der Waals surface area contributed by atoms with Gasteiger partial charge >= 0.3 is 0 Å². The fourth-order valence-corrected chi connectivity index (χ4v) is 3.02. The van der Waals surface area contributed by atoms with Crippen molar-refractivity contribution in [2.45, 2.75) is 27.2 Å². The highest BCUT2D eigenvalue weighted by Gasteiger charge is 2.20. The summed E-state index contributed by atoms with van der Waals surface area (Å²) in [6.07, 6.45) is 0.850. The van der Waals surface area contributed by atoms with E-state index in [0.29, 0.717) is 11.5 Å². The first-order chi connectivity index (χ1) is 12.7. The van der Waals surface area contributed by atoms with E-state index in [2.05, 4.69) is 36.0 Å². The zero-order valence-electron chi connectivity index (χ0n) is 15.5. The van der Waals surface area contributed by atoms with Crippen LogP contribution in [0.25, 0.3) is 11.0 Å². The highest BCUT2D eigenvalue weighted by atomic mass is 16.1. The van der Waals surface area contributed by atoms with Gasteiger partial charge in [-0.25, -0.2) is 9.97 Å². The molecule has 0 unspecified atom stereocenters. The number of nitrogens with one attached hydrogen (secondary N) is 1. The van der Waals surface area contributed by atoms with Crippen LogP contribution in [0.5, 0.6) is 0 Å². The number of nitrogens with zero attached hydrogens (tertiary/aromatic N) is 3. The zero-order valence-corrected chi connectivity index (χ0v) is 15.5. The fourth-order valence-electron chi connectivity index (χ4n) is 3.02. The van der Waals surface area contributed by atoms with E-state index in [1.165, 1.54) is 0 Å². The first-order valence-corrected chi connectivity index (χ1v) is 9.08. The molecule has 0 fully saturated rings. The van der Waals surface area contributed by atoms with Crippen molar-refractivity contribution in [1.29, 1.82) is 0 Å². The standard InChI is InChI=1S/C21H24N4O/c1-4-15-11-7-8-12-16(15)24-21(26)19-20(25(5-2)6-3)23-18-14-10-9-13-17(18)22-19/h7-14H,4-6H2,1-3H3,(H,24,26). The maximum atomic E-state index is 13.0. The molecule has 5 nitrogen and oxygen atoms in total. The lowest BCUT2D eigenvalue weighted by molar-refractivity contribution is 0.102. The Morgan fingerprint density at radius 3 is 2.19 bits per heavy atom. The van der Waals surface area contributed by atoms with Crippen molar-refractivity contribution in [1.82, 2.24) is 9.97 Å². The third-order valence-corrected chi connectivity index (χ3v) is 4.48. The largest absolute Gasteiger partial charge is 0.355 e. The summed E-state index contributed by atoms with van der Waals surface area (Å²) in [6.45, 7) is 7.69. The van der Waals surface area contributed by atoms with Crippen LogP contribution in [0, 0.1) is 0 Å². The molecule has 0 saturated carbocycles. The molecule has 1 aromatic heterocycles. The molecular weight excluding hydrogens is 324 g/mol. The Labute approximate surface area is 154 Å².